The van der Waals surface area contributed by atoms with Crippen LogP contribution in [0, 0.1) is 5.92 Å². The molecule has 0 radical (unpaired) electrons. The molecule has 29 heavy (non-hydrogen) atoms. The van der Waals surface area contributed by atoms with Crippen LogP contribution in [0.2, 0.25) is 0 Å². The average Bonchev–Trinajstić information content (AvgIpc) is 3.09. The topological polar surface area (TPSA) is 33.1 Å². The number of fused-ring (bicyclic) bond motifs is 1. The summed E-state index contributed by atoms with van der Waals surface area (Å²) in [7, 11) is 3.86. The Hall–Kier alpha value is -1.22. The first-order chi connectivity index (χ1) is 13.6. The maximum atomic E-state index is 14.0. The van der Waals surface area contributed by atoms with Crippen LogP contribution in [0.3, 0.4) is 0 Å². The molecule has 4 nitrogen and oxygen atoms in total. The summed E-state index contributed by atoms with van der Waals surface area (Å²) >= 11 is 0. The van der Waals surface area contributed by atoms with Gasteiger partial charge >= 0.3 is 6.18 Å². The van der Waals surface area contributed by atoms with Gasteiger partial charge in [0.25, 0.3) is 5.92 Å². The van der Waals surface area contributed by atoms with Gasteiger partial charge in [0.05, 0.1) is 12.1 Å². The Labute approximate surface area is 168 Å². The number of hydrogen-bond donors (Lipinski definition) is 1. The van der Waals surface area contributed by atoms with Crippen molar-refractivity contribution >= 4 is 0 Å². The van der Waals surface area contributed by atoms with Gasteiger partial charge in [0.1, 0.15) is 6.54 Å². The van der Waals surface area contributed by atoms with E-state index in [-0.39, 0.29) is 31.2 Å². The number of aromatic nitrogens is 2. The Kier molecular flexibility index (Phi) is 6.88. The third-order valence-electron chi connectivity index (χ3n) is 6.24. The van der Waals surface area contributed by atoms with Gasteiger partial charge in [-0.3, -0.25) is 9.58 Å². The second kappa shape index (κ2) is 8.88. The van der Waals surface area contributed by atoms with Crippen LogP contribution in [-0.2, 0) is 19.5 Å². The summed E-state index contributed by atoms with van der Waals surface area (Å²) in [5.41, 5.74) is 2.42. The predicted molar refractivity (Wildman–Crippen MR) is 101 cm³/mol. The van der Waals surface area contributed by atoms with Crippen molar-refractivity contribution in [3.05, 3.63) is 17.0 Å². The molecule has 1 aliphatic carbocycles. The third kappa shape index (κ3) is 5.90. The van der Waals surface area contributed by atoms with E-state index in [1.807, 2.05) is 14.1 Å². The van der Waals surface area contributed by atoms with Crippen molar-refractivity contribution in [1.82, 2.24) is 20.0 Å². The molecule has 3 rings (SSSR count). The molecule has 0 saturated heterocycles. The van der Waals surface area contributed by atoms with Crippen molar-refractivity contribution in [3.63, 3.8) is 0 Å². The van der Waals surface area contributed by atoms with Crippen molar-refractivity contribution in [1.29, 1.82) is 0 Å². The summed E-state index contributed by atoms with van der Waals surface area (Å²) < 4.78 is 66.9. The van der Waals surface area contributed by atoms with Crippen LogP contribution in [0.1, 0.15) is 61.4 Å². The molecule has 1 aromatic rings. The Morgan fingerprint density at radius 1 is 1.21 bits per heavy atom. The highest BCUT2D eigenvalue weighted by atomic mass is 19.4. The number of likely N-dealkylation sites (N-methyl/N-ethyl adjacent to an activating group) is 2. The molecule has 2 aliphatic rings. The molecule has 9 heteroatoms. The number of nitrogens with one attached hydrogen (secondary N) is 1. The SMILES string of the molecule is CNCCN(C)Cc1nn2c(c1C1CCC(CCC(F)(F)F)CC1)CC(F)(F)C2. The monoisotopic (exact) mass is 422 g/mol. The van der Waals surface area contributed by atoms with Crippen LogP contribution < -0.4 is 5.32 Å². The number of alkyl halides is 5. The highest BCUT2D eigenvalue weighted by molar-refractivity contribution is 5.34. The molecule has 166 valence electrons. The van der Waals surface area contributed by atoms with Gasteiger partial charge in [0.15, 0.2) is 0 Å². The number of rotatable bonds is 8. The molecule has 2 heterocycles. The van der Waals surface area contributed by atoms with Crippen LogP contribution in [-0.4, -0.2) is 54.0 Å². The van der Waals surface area contributed by atoms with Gasteiger partial charge < -0.3 is 5.32 Å². The first kappa shape index (κ1) is 22.5. The molecule has 0 amide bonds. The normalized spacial score (nSPS) is 24.3. The van der Waals surface area contributed by atoms with Crippen LogP contribution in [0.15, 0.2) is 0 Å². The molecule has 1 fully saturated rings. The van der Waals surface area contributed by atoms with Crippen molar-refractivity contribution < 1.29 is 22.0 Å². The standard InChI is InChI=1S/C20H31F5N4/c1-26-9-10-28(2)12-16-18(17-11-19(21,22)13-29(17)27-16)15-5-3-14(4-6-15)7-8-20(23,24)25/h14-15,26H,3-13H2,1-2H3. The Bertz CT molecular complexity index is 677. The fourth-order valence-electron chi connectivity index (χ4n) is 4.74. The summed E-state index contributed by atoms with van der Waals surface area (Å²) in [6.07, 6.45) is -2.03. The lowest BCUT2D eigenvalue weighted by Crippen LogP contribution is -2.28. The maximum absolute atomic E-state index is 14.0. The number of nitrogens with zero attached hydrogens (tertiary/aromatic N) is 3. The fraction of sp³-hybridized carbons (Fsp3) is 0.850. The van der Waals surface area contributed by atoms with Crippen LogP contribution >= 0.6 is 0 Å². The van der Waals surface area contributed by atoms with E-state index in [4.69, 9.17) is 0 Å². The minimum atomic E-state index is -4.11. The molecular formula is C20H31F5N4. The molecule has 1 aromatic heterocycles. The van der Waals surface area contributed by atoms with Crippen LogP contribution in [0.25, 0.3) is 0 Å². The molecule has 0 unspecified atom stereocenters. The van der Waals surface area contributed by atoms with Crippen molar-refractivity contribution in [2.24, 2.45) is 5.92 Å². The summed E-state index contributed by atoms with van der Waals surface area (Å²) in [6, 6.07) is 0. The Morgan fingerprint density at radius 2 is 1.90 bits per heavy atom. The van der Waals surface area contributed by atoms with Gasteiger partial charge in [-0.25, -0.2) is 8.78 Å². The largest absolute Gasteiger partial charge is 0.389 e. The maximum Gasteiger partial charge on any atom is 0.389 e. The van der Waals surface area contributed by atoms with Gasteiger partial charge in [0, 0.05) is 37.3 Å². The molecule has 1 N–H and O–H groups in total. The Balaban J connectivity index is 1.71. The average molecular weight is 422 g/mol. The number of halogens is 5. The van der Waals surface area contributed by atoms with Gasteiger partial charge in [-0.05, 0) is 58.0 Å². The summed E-state index contributed by atoms with van der Waals surface area (Å²) in [6.45, 7) is 1.85. The highest BCUT2D eigenvalue weighted by Gasteiger charge is 2.43. The van der Waals surface area contributed by atoms with Gasteiger partial charge in [0.2, 0.25) is 0 Å². The zero-order valence-corrected chi connectivity index (χ0v) is 17.2. The third-order valence-corrected chi connectivity index (χ3v) is 6.24. The highest BCUT2D eigenvalue weighted by Crippen LogP contribution is 2.44. The van der Waals surface area contributed by atoms with E-state index >= 15 is 0 Å². The zero-order valence-electron chi connectivity index (χ0n) is 17.2. The van der Waals surface area contributed by atoms with Crippen LogP contribution in [0.4, 0.5) is 22.0 Å². The smallest absolute Gasteiger partial charge is 0.318 e. The van der Waals surface area contributed by atoms with E-state index in [2.05, 4.69) is 15.3 Å². The van der Waals surface area contributed by atoms with E-state index < -0.39 is 18.5 Å². The predicted octanol–water partition coefficient (Wildman–Crippen LogP) is 4.34. The molecule has 0 bridgehead atoms. The minimum Gasteiger partial charge on any atom is -0.318 e. The second-order valence-electron chi connectivity index (χ2n) is 8.71. The van der Waals surface area contributed by atoms with E-state index in [1.165, 1.54) is 4.68 Å². The summed E-state index contributed by atoms with van der Waals surface area (Å²) in [4.78, 5) is 2.12. The second-order valence-corrected chi connectivity index (χ2v) is 8.71. The lowest BCUT2D eigenvalue weighted by molar-refractivity contribution is -0.138. The van der Waals surface area contributed by atoms with E-state index in [0.29, 0.717) is 12.2 Å². The lowest BCUT2D eigenvalue weighted by Gasteiger charge is -2.30. The molecule has 1 saturated carbocycles. The molecular weight excluding hydrogens is 391 g/mol. The van der Waals surface area contributed by atoms with E-state index in [0.717, 1.165) is 50.0 Å². The van der Waals surface area contributed by atoms with Crippen molar-refractivity contribution in [3.8, 4) is 0 Å². The van der Waals surface area contributed by atoms with E-state index in [9.17, 15) is 22.0 Å². The summed E-state index contributed by atoms with van der Waals surface area (Å²) in [5.74, 6) is -2.58. The molecule has 0 aromatic carbocycles. The van der Waals surface area contributed by atoms with Crippen molar-refractivity contribution in [2.75, 3.05) is 27.2 Å². The summed E-state index contributed by atoms with van der Waals surface area (Å²) in [5, 5.41) is 7.62. The first-order valence-electron chi connectivity index (χ1n) is 10.4. The van der Waals surface area contributed by atoms with E-state index in [1.54, 1.807) is 0 Å². The molecule has 0 atom stereocenters. The number of hydrogen-bond acceptors (Lipinski definition) is 3. The van der Waals surface area contributed by atoms with Gasteiger partial charge in [-0.15, -0.1) is 0 Å². The van der Waals surface area contributed by atoms with Gasteiger partial charge in [-0.1, -0.05) is 0 Å². The quantitative estimate of drug-likeness (QED) is 0.633. The fourth-order valence-corrected chi connectivity index (χ4v) is 4.74. The minimum absolute atomic E-state index is 0.0692. The van der Waals surface area contributed by atoms with Crippen LogP contribution in [0.5, 0.6) is 0 Å². The lowest BCUT2D eigenvalue weighted by atomic mass is 9.76. The van der Waals surface area contributed by atoms with Gasteiger partial charge in [-0.2, -0.15) is 18.3 Å². The molecule has 0 spiro atoms. The Morgan fingerprint density at radius 3 is 2.52 bits per heavy atom. The zero-order chi connectivity index (χ0) is 21.2. The molecule has 1 aliphatic heterocycles. The first-order valence-corrected chi connectivity index (χ1v) is 10.4. The van der Waals surface area contributed by atoms with Crippen molar-refractivity contribution in [2.45, 2.75) is 76.1 Å².